The molecular weight excluding hydrogens is 377 g/mol. The highest BCUT2D eigenvalue weighted by molar-refractivity contribution is 5.64. The number of amides is 1. The summed E-state index contributed by atoms with van der Waals surface area (Å²) in [4.78, 5) is 27.1. The normalized spacial score (nSPS) is 10.9. The monoisotopic (exact) mass is 393 g/mol. The van der Waals surface area contributed by atoms with Crippen LogP contribution in [0.5, 0.6) is 0 Å². The summed E-state index contributed by atoms with van der Waals surface area (Å²) in [6.07, 6.45) is 3.61. The van der Waals surface area contributed by atoms with Gasteiger partial charge in [0.15, 0.2) is 0 Å². The number of hydrogen-bond acceptors (Lipinski definition) is 4. The standard InChI is InChI=1S/C20H16FN5O3/c21-10-17(12-23-19(27)28)13-26-20(29)25(14-24-26)18-5-1-3-15(9-18)6-7-16-4-2-8-22-11-16/h1-5,8-11,14,23H,12-13H2,(H,27,28). The van der Waals surface area contributed by atoms with Gasteiger partial charge in [-0.25, -0.2) is 23.2 Å². The summed E-state index contributed by atoms with van der Waals surface area (Å²) in [5.41, 5.74) is 1.59. The largest absolute Gasteiger partial charge is 0.465 e. The third kappa shape index (κ3) is 5.17. The fourth-order valence-electron chi connectivity index (χ4n) is 2.45. The van der Waals surface area contributed by atoms with Crippen molar-refractivity contribution < 1.29 is 14.3 Å². The van der Waals surface area contributed by atoms with Gasteiger partial charge < -0.3 is 10.4 Å². The average Bonchev–Trinajstić information content (AvgIpc) is 3.10. The fraction of sp³-hybridized carbons (Fsp3) is 0.100. The summed E-state index contributed by atoms with van der Waals surface area (Å²) < 4.78 is 15.3. The summed E-state index contributed by atoms with van der Waals surface area (Å²) in [7, 11) is 0. The predicted octanol–water partition coefficient (Wildman–Crippen LogP) is 1.95. The van der Waals surface area contributed by atoms with Gasteiger partial charge in [-0.1, -0.05) is 17.9 Å². The van der Waals surface area contributed by atoms with Crippen LogP contribution in [0.2, 0.25) is 0 Å². The van der Waals surface area contributed by atoms with Crippen LogP contribution in [0.15, 0.2) is 71.8 Å². The van der Waals surface area contributed by atoms with Crippen molar-refractivity contribution in [2.75, 3.05) is 6.54 Å². The number of rotatable bonds is 5. The van der Waals surface area contributed by atoms with Gasteiger partial charge in [0.2, 0.25) is 0 Å². The van der Waals surface area contributed by atoms with Crippen molar-refractivity contribution in [3.63, 3.8) is 0 Å². The van der Waals surface area contributed by atoms with E-state index >= 15 is 0 Å². The number of nitrogens with zero attached hydrogens (tertiary/aromatic N) is 4. The molecule has 29 heavy (non-hydrogen) atoms. The van der Waals surface area contributed by atoms with Crippen molar-refractivity contribution >= 4 is 6.09 Å². The maximum Gasteiger partial charge on any atom is 0.404 e. The SMILES string of the molecule is O=C(O)NCC(=CF)Cn1ncn(-c2cccc(C#Cc3cccnc3)c2)c1=O. The molecule has 0 saturated heterocycles. The van der Waals surface area contributed by atoms with Gasteiger partial charge in [-0.05, 0) is 35.9 Å². The quantitative estimate of drug-likeness (QED) is 0.645. The molecule has 0 radical (unpaired) electrons. The van der Waals surface area contributed by atoms with Gasteiger partial charge in [-0.3, -0.25) is 4.98 Å². The first-order valence-electron chi connectivity index (χ1n) is 8.48. The molecule has 0 saturated carbocycles. The highest BCUT2D eigenvalue weighted by atomic mass is 19.1. The average molecular weight is 393 g/mol. The lowest BCUT2D eigenvalue weighted by atomic mass is 10.2. The molecule has 1 aromatic carbocycles. The Morgan fingerprint density at radius 1 is 1.24 bits per heavy atom. The van der Waals surface area contributed by atoms with E-state index in [0.29, 0.717) is 11.3 Å². The van der Waals surface area contributed by atoms with E-state index in [1.165, 1.54) is 10.9 Å². The molecule has 146 valence electrons. The van der Waals surface area contributed by atoms with E-state index in [1.54, 1.807) is 36.7 Å². The zero-order valence-electron chi connectivity index (χ0n) is 15.1. The Kier molecular flexibility index (Phi) is 6.17. The molecule has 2 aromatic heterocycles. The molecule has 0 atom stereocenters. The van der Waals surface area contributed by atoms with Crippen molar-refractivity contribution in [1.82, 2.24) is 24.6 Å². The third-order valence-corrected chi connectivity index (χ3v) is 3.84. The summed E-state index contributed by atoms with van der Waals surface area (Å²) in [6.45, 7) is -0.423. The molecule has 0 spiro atoms. The zero-order chi connectivity index (χ0) is 20.6. The number of pyridine rings is 1. The Hall–Kier alpha value is -4.19. The molecule has 0 unspecified atom stereocenters. The highest BCUT2D eigenvalue weighted by Gasteiger charge is 2.10. The van der Waals surface area contributed by atoms with Crippen LogP contribution in [0.4, 0.5) is 9.18 Å². The number of benzene rings is 1. The Morgan fingerprint density at radius 2 is 2.03 bits per heavy atom. The van der Waals surface area contributed by atoms with E-state index in [9.17, 15) is 14.0 Å². The first-order chi connectivity index (χ1) is 14.1. The van der Waals surface area contributed by atoms with E-state index in [-0.39, 0.29) is 25.0 Å². The molecule has 0 fully saturated rings. The second kappa shape index (κ2) is 9.14. The Labute approximate surface area is 164 Å². The second-order valence-corrected chi connectivity index (χ2v) is 5.91. The minimum Gasteiger partial charge on any atom is -0.465 e. The lowest BCUT2D eigenvalue weighted by molar-refractivity contribution is 0.195. The maximum atomic E-state index is 13.0. The van der Waals surface area contributed by atoms with Crippen molar-refractivity contribution in [2.24, 2.45) is 0 Å². The lowest BCUT2D eigenvalue weighted by Gasteiger charge is -2.05. The van der Waals surface area contributed by atoms with Gasteiger partial charge in [0, 0.05) is 30.1 Å². The molecule has 1 amide bonds. The summed E-state index contributed by atoms with van der Waals surface area (Å²) in [6, 6.07) is 10.7. The fourth-order valence-corrected chi connectivity index (χ4v) is 2.45. The van der Waals surface area contributed by atoms with Gasteiger partial charge in [0.05, 0.1) is 18.6 Å². The number of aromatic nitrogens is 4. The summed E-state index contributed by atoms with van der Waals surface area (Å²) in [5, 5.41) is 14.6. The Balaban J connectivity index is 1.81. The topological polar surface area (TPSA) is 102 Å². The summed E-state index contributed by atoms with van der Waals surface area (Å²) >= 11 is 0. The van der Waals surface area contributed by atoms with Gasteiger partial charge in [-0.2, -0.15) is 5.10 Å². The number of carbonyl (C=O) groups is 1. The predicted molar refractivity (Wildman–Crippen MR) is 103 cm³/mol. The smallest absolute Gasteiger partial charge is 0.404 e. The second-order valence-electron chi connectivity index (χ2n) is 5.91. The number of hydrogen-bond donors (Lipinski definition) is 2. The zero-order valence-corrected chi connectivity index (χ0v) is 15.1. The first-order valence-corrected chi connectivity index (χ1v) is 8.48. The molecule has 0 aliphatic carbocycles. The highest BCUT2D eigenvalue weighted by Crippen LogP contribution is 2.08. The number of halogens is 1. The molecular formula is C20H16FN5O3. The Morgan fingerprint density at radius 3 is 2.76 bits per heavy atom. The van der Waals surface area contributed by atoms with Crippen LogP contribution in [0, 0.1) is 11.8 Å². The van der Waals surface area contributed by atoms with E-state index in [4.69, 9.17) is 5.11 Å². The van der Waals surface area contributed by atoms with Crippen LogP contribution >= 0.6 is 0 Å². The number of carboxylic acid groups (broad SMARTS) is 1. The molecule has 0 bridgehead atoms. The molecule has 9 heteroatoms. The number of nitrogens with one attached hydrogen (secondary N) is 1. The van der Waals surface area contributed by atoms with Crippen LogP contribution in [-0.2, 0) is 6.54 Å². The molecule has 8 nitrogen and oxygen atoms in total. The van der Waals surface area contributed by atoms with Gasteiger partial charge in [0.25, 0.3) is 0 Å². The van der Waals surface area contributed by atoms with E-state index in [0.717, 1.165) is 10.2 Å². The van der Waals surface area contributed by atoms with Crippen LogP contribution < -0.4 is 11.0 Å². The Bertz CT molecular complexity index is 1160. The first kappa shape index (κ1) is 19.6. The molecule has 2 heterocycles. The van der Waals surface area contributed by atoms with E-state index in [1.807, 2.05) is 17.4 Å². The van der Waals surface area contributed by atoms with Crippen LogP contribution in [0.25, 0.3) is 5.69 Å². The van der Waals surface area contributed by atoms with Gasteiger partial charge in [-0.15, -0.1) is 0 Å². The molecule has 3 rings (SSSR count). The third-order valence-electron chi connectivity index (χ3n) is 3.84. The lowest BCUT2D eigenvalue weighted by Crippen LogP contribution is -2.29. The van der Waals surface area contributed by atoms with E-state index in [2.05, 4.69) is 21.9 Å². The van der Waals surface area contributed by atoms with Crippen molar-refractivity contribution in [3.8, 4) is 17.5 Å². The van der Waals surface area contributed by atoms with Gasteiger partial charge >= 0.3 is 11.8 Å². The van der Waals surface area contributed by atoms with Crippen molar-refractivity contribution in [2.45, 2.75) is 6.54 Å². The van der Waals surface area contributed by atoms with Crippen molar-refractivity contribution in [3.05, 3.63) is 88.6 Å². The summed E-state index contributed by atoms with van der Waals surface area (Å²) in [5.74, 6) is 6.00. The van der Waals surface area contributed by atoms with Crippen LogP contribution in [-0.4, -0.2) is 37.1 Å². The van der Waals surface area contributed by atoms with Crippen LogP contribution in [0.3, 0.4) is 0 Å². The molecule has 3 aromatic rings. The van der Waals surface area contributed by atoms with Crippen molar-refractivity contribution in [1.29, 1.82) is 0 Å². The van der Waals surface area contributed by atoms with Crippen LogP contribution in [0.1, 0.15) is 11.1 Å². The molecule has 0 aliphatic heterocycles. The minimum atomic E-state index is -1.29. The van der Waals surface area contributed by atoms with Gasteiger partial charge in [0.1, 0.15) is 6.33 Å². The molecule has 0 aliphatic rings. The molecule has 2 N–H and O–H groups in total. The maximum absolute atomic E-state index is 13.0. The minimum absolute atomic E-state index is 0.0656. The van der Waals surface area contributed by atoms with E-state index < -0.39 is 11.8 Å².